The van der Waals surface area contributed by atoms with Crippen LogP contribution in [0.2, 0.25) is 5.02 Å². The van der Waals surface area contributed by atoms with Gasteiger partial charge in [-0.25, -0.2) is 4.79 Å². The maximum Gasteiger partial charge on any atom is 0.407 e. The number of carbonyl (C=O) groups is 2. The number of ketones is 1. The lowest BCUT2D eigenvalue weighted by molar-refractivity contribution is -0.117. The van der Waals surface area contributed by atoms with Gasteiger partial charge in [0.25, 0.3) is 0 Å². The van der Waals surface area contributed by atoms with Gasteiger partial charge in [0, 0.05) is 11.4 Å². The van der Waals surface area contributed by atoms with E-state index in [2.05, 4.69) is 10.1 Å². The van der Waals surface area contributed by atoms with Crippen LogP contribution in [0.5, 0.6) is 0 Å². The van der Waals surface area contributed by atoms with Crippen molar-refractivity contribution in [3.63, 3.8) is 0 Å². The Balaban J connectivity index is 2.85. The highest BCUT2D eigenvalue weighted by Gasteiger charge is 2.16. The Morgan fingerprint density at radius 1 is 1.35 bits per heavy atom. The number of rotatable bonds is 4. The summed E-state index contributed by atoms with van der Waals surface area (Å²) in [4.78, 5) is 22.3. The van der Waals surface area contributed by atoms with E-state index in [1.165, 1.54) is 14.0 Å². The molecule has 1 atom stereocenters. The van der Waals surface area contributed by atoms with Gasteiger partial charge in [-0.05, 0) is 24.6 Å². The molecule has 0 bridgehead atoms. The number of nitrogens with one attached hydrogen (secondary N) is 1. The first-order chi connectivity index (χ1) is 8.02. The SMILES string of the molecule is COC(=O)NC(CC(C)=O)c1ccc(Cl)cc1. The number of ether oxygens (including phenoxy) is 1. The third-order valence-corrected chi connectivity index (χ3v) is 2.49. The van der Waals surface area contributed by atoms with Crippen LogP contribution in [-0.2, 0) is 9.53 Å². The number of Topliss-reactive ketones (excluding diaryl/α,β-unsaturated/α-hetero) is 1. The number of hydrogen-bond donors (Lipinski definition) is 1. The highest BCUT2D eigenvalue weighted by Crippen LogP contribution is 2.19. The van der Waals surface area contributed by atoms with Crippen LogP contribution in [0.15, 0.2) is 24.3 Å². The average molecular weight is 256 g/mol. The van der Waals surface area contributed by atoms with Gasteiger partial charge in [0.1, 0.15) is 5.78 Å². The lowest BCUT2D eigenvalue weighted by Gasteiger charge is -2.17. The quantitative estimate of drug-likeness (QED) is 0.900. The fraction of sp³-hybridized carbons (Fsp3) is 0.333. The van der Waals surface area contributed by atoms with E-state index < -0.39 is 12.1 Å². The first kappa shape index (κ1) is 13.5. The van der Waals surface area contributed by atoms with Crippen LogP contribution < -0.4 is 5.32 Å². The van der Waals surface area contributed by atoms with Gasteiger partial charge in [0.2, 0.25) is 0 Å². The van der Waals surface area contributed by atoms with Gasteiger partial charge < -0.3 is 10.1 Å². The van der Waals surface area contributed by atoms with E-state index in [0.717, 1.165) is 5.56 Å². The highest BCUT2D eigenvalue weighted by atomic mass is 35.5. The smallest absolute Gasteiger partial charge is 0.407 e. The lowest BCUT2D eigenvalue weighted by Crippen LogP contribution is -2.29. The van der Waals surface area contributed by atoms with E-state index in [9.17, 15) is 9.59 Å². The second-order valence-electron chi connectivity index (χ2n) is 3.65. The van der Waals surface area contributed by atoms with Gasteiger partial charge in [0.15, 0.2) is 0 Å². The van der Waals surface area contributed by atoms with Crippen molar-refractivity contribution in [2.24, 2.45) is 0 Å². The molecule has 4 nitrogen and oxygen atoms in total. The minimum atomic E-state index is -0.564. The summed E-state index contributed by atoms with van der Waals surface area (Å²) in [7, 11) is 1.28. The third-order valence-electron chi connectivity index (χ3n) is 2.24. The largest absolute Gasteiger partial charge is 0.453 e. The molecule has 1 rings (SSSR count). The standard InChI is InChI=1S/C12H14ClNO3/c1-8(15)7-11(14-12(16)17-2)9-3-5-10(13)6-4-9/h3-6,11H,7H2,1-2H3,(H,14,16). The highest BCUT2D eigenvalue weighted by molar-refractivity contribution is 6.30. The Morgan fingerprint density at radius 2 is 1.94 bits per heavy atom. The van der Waals surface area contributed by atoms with Crippen LogP contribution in [0, 0.1) is 0 Å². The summed E-state index contributed by atoms with van der Waals surface area (Å²) >= 11 is 5.78. The molecule has 0 aliphatic carbocycles. The predicted octanol–water partition coefficient (Wildman–Crippen LogP) is 2.72. The Hall–Kier alpha value is -1.55. The summed E-state index contributed by atoms with van der Waals surface area (Å²) in [6.45, 7) is 1.47. The molecule has 0 saturated heterocycles. The van der Waals surface area contributed by atoms with Gasteiger partial charge in [-0.2, -0.15) is 0 Å². The number of amides is 1. The molecular weight excluding hydrogens is 242 g/mol. The fourth-order valence-corrected chi connectivity index (χ4v) is 1.56. The summed E-state index contributed by atoms with van der Waals surface area (Å²) in [5.74, 6) is -0.0126. The minimum Gasteiger partial charge on any atom is -0.453 e. The van der Waals surface area contributed by atoms with Crippen molar-refractivity contribution < 1.29 is 14.3 Å². The number of alkyl carbamates (subject to hydrolysis) is 1. The molecule has 0 aliphatic rings. The molecule has 0 aliphatic heterocycles. The summed E-state index contributed by atoms with van der Waals surface area (Å²) in [5, 5.41) is 3.21. The van der Waals surface area contributed by atoms with E-state index in [1.807, 2.05) is 0 Å². The molecule has 0 heterocycles. The number of methoxy groups -OCH3 is 1. The molecule has 1 N–H and O–H groups in total. The van der Waals surface area contributed by atoms with Gasteiger partial charge in [-0.3, -0.25) is 4.79 Å². The van der Waals surface area contributed by atoms with Crippen LogP contribution in [0.4, 0.5) is 4.79 Å². The Morgan fingerprint density at radius 3 is 2.41 bits per heavy atom. The lowest BCUT2D eigenvalue weighted by atomic mass is 10.0. The molecule has 1 amide bonds. The van der Waals surface area contributed by atoms with E-state index in [1.54, 1.807) is 24.3 Å². The predicted molar refractivity (Wildman–Crippen MR) is 65.0 cm³/mol. The maximum atomic E-state index is 11.2. The number of carbonyl (C=O) groups excluding carboxylic acids is 2. The van der Waals surface area contributed by atoms with Crippen LogP contribution in [0.1, 0.15) is 24.9 Å². The van der Waals surface area contributed by atoms with Crippen LogP contribution >= 0.6 is 11.6 Å². The Kier molecular flexibility index (Phi) is 4.97. The molecule has 0 aromatic heterocycles. The Labute approximate surface area is 105 Å². The molecule has 92 valence electrons. The molecule has 0 saturated carbocycles. The van der Waals surface area contributed by atoms with Crippen molar-refractivity contribution >= 4 is 23.5 Å². The van der Waals surface area contributed by atoms with Crippen molar-refractivity contribution in [2.75, 3.05) is 7.11 Å². The molecule has 0 radical (unpaired) electrons. The van der Waals surface area contributed by atoms with Crippen molar-refractivity contribution in [3.8, 4) is 0 Å². The topological polar surface area (TPSA) is 55.4 Å². The third kappa shape index (κ3) is 4.44. The van der Waals surface area contributed by atoms with Gasteiger partial charge in [-0.1, -0.05) is 23.7 Å². The summed E-state index contributed by atoms with van der Waals surface area (Å²) < 4.78 is 4.52. The van der Waals surface area contributed by atoms with Crippen LogP contribution in [0.3, 0.4) is 0 Å². The zero-order valence-electron chi connectivity index (χ0n) is 9.70. The summed E-state index contributed by atoms with van der Waals surface area (Å²) in [6, 6.07) is 6.57. The average Bonchev–Trinajstić information content (AvgIpc) is 2.28. The van der Waals surface area contributed by atoms with Crippen molar-refractivity contribution in [1.82, 2.24) is 5.32 Å². The number of halogens is 1. The van der Waals surface area contributed by atoms with Crippen molar-refractivity contribution in [3.05, 3.63) is 34.9 Å². The van der Waals surface area contributed by atoms with Crippen molar-refractivity contribution in [2.45, 2.75) is 19.4 Å². The zero-order valence-corrected chi connectivity index (χ0v) is 10.5. The second-order valence-corrected chi connectivity index (χ2v) is 4.08. The second kappa shape index (κ2) is 6.25. The molecular formula is C12H14ClNO3. The zero-order chi connectivity index (χ0) is 12.8. The molecule has 17 heavy (non-hydrogen) atoms. The van der Waals surface area contributed by atoms with Gasteiger partial charge in [0.05, 0.1) is 13.2 Å². The Bertz CT molecular complexity index is 403. The molecule has 1 aromatic rings. The first-order valence-electron chi connectivity index (χ1n) is 5.12. The number of hydrogen-bond acceptors (Lipinski definition) is 3. The first-order valence-corrected chi connectivity index (χ1v) is 5.50. The van der Waals surface area contributed by atoms with Crippen molar-refractivity contribution in [1.29, 1.82) is 0 Å². The molecule has 0 spiro atoms. The van der Waals surface area contributed by atoms with E-state index in [-0.39, 0.29) is 12.2 Å². The normalized spacial score (nSPS) is 11.7. The van der Waals surface area contributed by atoms with Gasteiger partial charge in [-0.15, -0.1) is 0 Å². The van der Waals surface area contributed by atoms with E-state index in [4.69, 9.17) is 11.6 Å². The summed E-state index contributed by atoms with van der Waals surface area (Å²) in [5.41, 5.74) is 0.815. The molecule has 5 heteroatoms. The molecule has 0 fully saturated rings. The maximum absolute atomic E-state index is 11.2. The molecule has 1 unspecified atom stereocenters. The molecule has 1 aromatic carbocycles. The number of benzene rings is 1. The summed E-state index contributed by atoms with van der Waals surface area (Å²) in [6.07, 6.45) is -0.345. The minimum absolute atomic E-state index is 0.0126. The fourth-order valence-electron chi connectivity index (χ4n) is 1.44. The van der Waals surface area contributed by atoms with E-state index >= 15 is 0 Å². The monoisotopic (exact) mass is 255 g/mol. The van der Waals surface area contributed by atoms with E-state index in [0.29, 0.717) is 5.02 Å². The van der Waals surface area contributed by atoms with Gasteiger partial charge >= 0.3 is 6.09 Å². The van der Waals surface area contributed by atoms with Crippen LogP contribution in [0.25, 0.3) is 0 Å². The van der Waals surface area contributed by atoms with Crippen LogP contribution in [-0.4, -0.2) is 19.0 Å².